The van der Waals surface area contributed by atoms with Crippen molar-refractivity contribution < 1.29 is 14.2 Å². The van der Waals surface area contributed by atoms with Gasteiger partial charge in [0.2, 0.25) is 5.95 Å². The number of aromatic nitrogens is 3. The van der Waals surface area contributed by atoms with Crippen molar-refractivity contribution in [1.29, 1.82) is 0 Å². The summed E-state index contributed by atoms with van der Waals surface area (Å²) >= 11 is 5.84. The Hall–Kier alpha value is -1.34. The Kier molecular flexibility index (Phi) is 4.60. The predicted octanol–water partition coefficient (Wildman–Crippen LogP) is 0.721. The molecule has 1 saturated heterocycles. The van der Waals surface area contributed by atoms with E-state index in [0.29, 0.717) is 25.0 Å². The maximum atomic E-state index is 5.84. The zero-order valence-electron chi connectivity index (χ0n) is 11.2. The highest BCUT2D eigenvalue weighted by molar-refractivity contribution is 6.18. The van der Waals surface area contributed by atoms with Crippen LogP contribution in [0.1, 0.15) is 6.92 Å². The zero-order chi connectivity index (χ0) is 13.8. The molecule has 106 valence electrons. The van der Waals surface area contributed by atoms with E-state index in [0.717, 1.165) is 0 Å². The number of ether oxygens (including phenoxy) is 3. The predicted molar refractivity (Wildman–Crippen MR) is 70.2 cm³/mol. The van der Waals surface area contributed by atoms with Crippen LogP contribution < -0.4 is 14.4 Å². The molecule has 1 aromatic rings. The summed E-state index contributed by atoms with van der Waals surface area (Å²) in [5.41, 5.74) is 0. The van der Waals surface area contributed by atoms with E-state index in [-0.39, 0.29) is 24.2 Å². The molecule has 2 rings (SSSR count). The number of methoxy groups -OCH3 is 2. The van der Waals surface area contributed by atoms with E-state index in [9.17, 15) is 0 Å². The first-order valence-corrected chi connectivity index (χ1v) is 6.49. The van der Waals surface area contributed by atoms with Gasteiger partial charge in [0.1, 0.15) is 0 Å². The lowest BCUT2D eigenvalue weighted by atomic mass is 10.2. The summed E-state index contributed by atoms with van der Waals surface area (Å²) in [4.78, 5) is 14.5. The molecule has 0 spiro atoms. The molecule has 7 nitrogen and oxygen atoms in total. The second kappa shape index (κ2) is 6.21. The van der Waals surface area contributed by atoms with E-state index in [1.807, 2.05) is 11.8 Å². The first-order chi connectivity index (χ1) is 9.17. The standard InChI is InChI=1S/C11H17ClN4O3/c1-7-6-19-8(4-12)5-16(7)9-13-10(17-2)15-11(14-9)18-3/h7-8H,4-6H2,1-3H3. The number of halogens is 1. The van der Waals surface area contributed by atoms with Crippen LogP contribution >= 0.6 is 11.6 Å². The van der Waals surface area contributed by atoms with E-state index in [2.05, 4.69) is 15.0 Å². The molecular formula is C11H17ClN4O3. The number of rotatable bonds is 4. The Morgan fingerprint density at radius 2 is 1.89 bits per heavy atom. The van der Waals surface area contributed by atoms with Crippen LogP contribution in [0.15, 0.2) is 0 Å². The Labute approximate surface area is 116 Å². The molecule has 0 bridgehead atoms. The zero-order valence-corrected chi connectivity index (χ0v) is 11.9. The van der Waals surface area contributed by atoms with Crippen molar-refractivity contribution >= 4 is 17.5 Å². The van der Waals surface area contributed by atoms with Gasteiger partial charge in [0, 0.05) is 6.54 Å². The minimum absolute atomic E-state index is 0.0355. The maximum Gasteiger partial charge on any atom is 0.324 e. The SMILES string of the molecule is COc1nc(OC)nc(N2CC(CCl)OCC2C)n1. The molecule has 2 atom stereocenters. The van der Waals surface area contributed by atoms with Crippen molar-refractivity contribution in [2.45, 2.75) is 19.1 Å². The van der Waals surface area contributed by atoms with Crippen molar-refractivity contribution in [1.82, 2.24) is 15.0 Å². The average Bonchev–Trinajstić information content (AvgIpc) is 2.47. The number of morpholine rings is 1. The molecule has 0 aromatic carbocycles. The van der Waals surface area contributed by atoms with Crippen molar-refractivity contribution in [3.05, 3.63) is 0 Å². The molecule has 2 heterocycles. The number of anilines is 1. The van der Waals surface area contributed by atoms with E-state index in [4.69, 9.17) is 25.8 Å². The molecule has 1 fully saturated rings. The van der Waals surface area contributed by atoms with Gasteiger partial charge >= 0.3 is 12.0 Å². The molecule has 19 heavy (non-hydrogen) atoms. The van der Waals surface area contributed by atoms with Crippen molar-refractivity contribution in [2.24, 2.45) is 0 Å². The molecular weight excluding hydrogens is 272 g/mol. The highest BCUT2D eigenvalue weighted by Crippen LogP contribution is 2.22. The van der Waals surface area contributed by atoms with Crippen LogP contribution in [-0.4, -0.2) is 60.3 Å². The van der Waals surface area contributed by atoms with Crippen LogP contribution in [-0.2, 0) is 4.74 Å². The molecule has 0 radical (unpaired) electrons. The lowest BCUT2D eigenvalue weighted by molar-refractivity contribution is 0.0356. The Morgan fingerprint density at radius 1 is 1.26 bits per heavy atom. The van der Waals surface area contributed by atoms with Crippen molar-refractivity contribution in [3.8, 4) is 12.0 Å². The molecule has 1 aliphatic heterocycles. The molecule has 0 saturated carbocycles. The molecule has 2 unspecified atom stereocenters. The third kappa shape index (κ3) is 3.16. The summed E-state index contributed by atoms with van der Waals surface area (Å²) in [5.74, 6) is 0.942. The molecule has 1 aliphatic rings. The summed E-state index contributed by atoms with van der Waals surface area (Å²) in [6.07, 6.45) is -0.0355. The topological polar surface area (TPSA) is 69.6 Å². The largest absolute Gasteiger partial charge is 0.467 e. The second-order valence-electron chi connectivity index (χ2n) is 4.22. The van der Waals surface area contributed by atoms with Crippen LogP contribution in [0.4, 0.5) is 5.95 Å². The normalized spacial score (nSPS) is 23.3. The van der Waals surface area contributed by atoms with E-state index in [1.54, 1.807) is 0 Å². The van der Waals surface area contributed by atoms with Crippen LogP contribution in [0, 0.1) is 0 Å². The van der Waals surface area contributed by atoms with E-state index < -0.39 is 0 Å². The fourth-order valence-electron chi connectivity index (χ4n) is 1.83. The van der Waals surface area contributed by atoms with Crippen LogP contribution in [0.2, 0.25) is 0 Å². The fourth-order valence-corrected chi connectivity index (χ4v) is 2.02. The highest BCUT2D eigenvalue weighted by atomic mass is 35.5. The van der Waals surface area contributed by atoms with Gasteiger partial charge in [-0.15, -0.1) is 16.6 Å². The smallest absolute Gasteiger partial charge is 0.324 e. The van der Waals surface area contributed by atoms with Gasteiger partial charge in [-0.25, -0.2) is 0 Å². The molecule has 0 aliphatic carbocycles. The summed E-state index contributed by atoms with van der Waals surface area (Å²) in [5, 5.41) is 0. The van der Waals surface area contributed by atoms with Gasteiger partial charge in [0.05, 0.1) is 38.9 Å². The lowest BCUT2D eigenvalue weighted by Gasteiger charge is -2.37. The van der Waals surface area contributed by atoms with Gasteiger partial charge in [0.25, 0.3) is 0 Å². The third-order valence-electron chi connectivity index (χ3n) is 2.88. The number of nitrogens with zero attached hydrogens (tertiary/aromatic N) is 4. The average molecular weight is 289 g/mol. The highest BCUT2D eigenvalue weighted by Gasteiger charge is 2.28. The first kappa shape index (κ1) is 14.1. The van der Waals surface area contributed by atoms with Gasteiger partial charge in [-0.1, -0.05) is 0 Å². The van der Waals surface area contributed by atoms with Crippen LogP contribution in [0.5, 0.6) is 12.0 Å². The lowest BCUT2D eigenvalue weighted by Crippen LogP contribution is -2.49. The first-order valence-electron chi connectivity index (χ1n) is 5.96. The van der Waals surface area contributed by atoms with Crippen LogP contribution in [0.25, 0.3) is 0 Å². The molecule has 1 aromatic heterocycles. The Balaban J connectivity index is 2.27. The quantitative estimate of drug-likeness (QED) is 0.756. The minimum Gasteiger partial charge on any atom is -0.467 e. The number of hydrogen-bond donors (Lipinski definition) is 0. The maximum absolute atomic E-state index is 5.84. The van der Waals surface area contributed by atoms with E-state index >= 15 is 0 Å². The summed E-state index contributed by atoms with van der Waals surface area (Å²) in [6, 6.07) is 0.599. The summed E-state index contributed by atoms with van der Waals surface area (Å²) in [7, 11) is 3.01. The van der Waals surface area contributed by atoms with Gasteiger partial charge in [-0.05, 0) is 6.92 Å². The van der Waals surface area contributed by atoms with Gasteiger partial charge in [-0.3, -0.25) is 0 Å². The summed E-state index contributed by atoms with van der Waals surface area (Å²) < 4.78 is 15.7. The van der Waals surface area contributed by atoms with E-state index in [1.165, 1.54) is 14.2 Å². The monoisotopic (exact) mass is 288 g/mol. The van der Waals surface area contributed by atoms with Gasteiger partial charge in [0.15, 0.2) is 0 Å². The fraction of sp³-hybridized carbons (Fsp3) is 0.727. The number of hydrogen-bond acceptors (Lipinski definition) is 7. The van der Waals surface area contributed by atoms with Crippen molar-refractivity contribution in [3.63, 3.8) is 0 Å². The Morgan fingerprint density at radius 3 is 2.42 bits per heavy atom. The summed E-state index contributed by atoms with van der Waals surface area (Å²) in [6.45, 7) is 3.24. The molecule has 0 amide bonds. The third-order valence-corrected chi connectivity index (χ3v) is 3.23. The van der Waals surface area contributed by atoms with Gasteiger partial charge in [-0.2, -0.15) is 9.97 Å². The Bertz CT molecular complexity index is 412. The molecule has 0 N–H and O–H groups in total. The number of alkyl halides is 1. The minimum atomic E-state index is -0.0355. The second-order valence-corrected chi connectivity index (χ2v) is 4.53. The molecule has 8 heteroatoms. The van der Waals surface area contributed by atoms with Crippen molar-refractivity contribution in [2.75, 3.05) is 38.2 Å². The van der Waals surface area contributed by atoms with Crippen LogP contribution in [0.3, 0.4) is 0 Å². The van der Waals surface area contributed by atoms with Gasteiger partial charge < -0.3 is 19.1 Å².